The van der Waals surface area contributed by atoms with Crippen molar-refractivity contribution in [1.82, 2.24) is 10.3 Å². The molecule has 1 aliphatic carbocycles. The number of fused-ring (bicyclic) bond motifs is 3. The number of aromatic nitrogens is 1. The van der Waals surface area contributed by atoms with Gasteiger partial charge >= 0.3 is 6.61 Å². The van der Waals surface area contributed by atoms with Gasteiger partial charge in [0.1, 0.15) is 11.8 Å². The van der Waals surface area contributed by atoms with E-state index in [0.29, 0.717) is 42.0 Å². The molecule has 0 unspecified atom stereocenters. The Kier molecular flexibility index (Phi) is 6.50. The predicted molar refractivity (Wildman–Crippen MR) is 130 cm³/mol. The number of nitrogens with zero attached hydrogens (tertiary/aromatic N) is 1. The van der Waals surface area contributed by atoms with E-state index in [1.165, 1.54) is 36.6 Å². The van der Waals surface area contributed by atoms with Crippen LogP contribution in [-0.4, -0.2) is 49.4 Å². The standard InChI is InChI=1S/C24H23F2N3O7S/c1-37(32,33)29-13-4-8-18-16(10-13)20-15(7-9-19(21(20)35-18)36-24(25)26)23-28-17(11-34-23)22(31)27-12-2-5-14(30)6-3-12/h4,7-12,14,24,29-30H,2-3,5-6H2,1H3,(H,27,31). The highest BCUT2D eigenvalue weighted by Crippen LogP contribution is 2.42. The van der Waals surface area contributed by atoms with Crippen LogP contribution in [0.5, 0.6) is 5.75 Å². The molecule has 0 bridgehead atoms. The molecule has 2 heterocycles. The van der Waals surface area contributed by atoms with Crippen LogP contribution in [0.4, 0.5) is 14.5 Å². The predicted octanol–water partition coefficient (Wildman–Crippen LogP) is 4.25. The summed E-state index contributed by atoms with van der Waals surface area (Å²) in [4.78, 5) is 17.0. The van der Waals surface area contributed by atoms with Gasteiger partial charge in [0, 0.05) is 28.1 Å². The molecule has 10 nitrogen and oxygen atoms in total. The first-order chi connectivity index (χ1) is 17.6. The second-order valence-corrected chi connectivity index (χ2v) is 10.6. The van der Waals surface area contributed by atoms with E-state index in [9.17, 15) is 27.1 Å². The normalized spacial score (nSPS) is 18.4. The zero-order valence-corrected chi connectivity index (χ0v) is 20.3. The minimum absolute atomic E-state index is 0.0192. The van der Waals surface area contributed by atoms with Crippen LogP contribution in [0, 0.1) is 0 Å². The molecule has 4 aromatic rings. The molecule has 37 heavy (non-hydrogen) atoms. The quantitative estimate of drug-likeness (QED) is 0.319. The molecule has 0 aliphatic heterocycles. The van der Waals surface area contributed by atoms with E-state index >= 15 is 0 Å². The van der Waals surface area contributed by atoms with E-state index in [4.69, 9.17) is 8.83 Å². The molecule has 5 rings (SSSR count). The molecule has 2 aromatic heterocycles. The van der Waals surface area contributed by atoms with Gasteiger partial charge in [-0.1, -0.05) is 0 Å². The Morgan fingerprint density at radius 1 is 1.19 bits per heavy atom. The lowest BCUT2D eigenvalue weighted by Gasteiger charge is -2.25. The number of carbonyl (C=O) groups excluding carboxylic acids is 1. The smallest absolute Gasteiger partial charge is 0.387 e. The first kappa shape index (κ1) is 25.0. The molecule has 3 N–H and O–H groups in total. The summed E-state index contributed by atoms with van der Waals surface area (Å²) in [6.45, 7) is -3.11. The number of nitrogens with one attached hydrogen (secondary N) is 2. The maximum atomic E-state index is 13.1. The number of aliphatic hydroxyl groups is 1. The molecule has 0 atom stereocenters. The van der Waals surface area contributed by atoms with E-state index in [0.717, 1.165) is 6.26 Å². The second kappa shape index (κ2) is 9.63. The Morgan fingerprint density at radius 3 is 2.65 bits per heavy atom. The number of hydrogen-bond acceptors (Lipinski definition) is 8. The van der Waals surface area contributed by atoms with Crippen LogP contribution in [0.1, 0.15) is 36.2 Å². The molecule has 0 saturated heterocycles. The van der Waals surface area contributed by atoms with Gasteiger partial charge in [-0.2, -0.15) is 8.78 Å². The lowest BCUT2D eigenvalue weighted by Crippen LogP contribution is -2.38. The van der Waals surface area contributed by atoms with Crippen molar-refractivity contribution >= 4 is 43.6 Å². The Balaban J connectivity index is 1.55. The zero-order chi connectivity index (χ0) is 26.3. The Morgan fingerprint density at radius 2 is 1.95 bits per heavy atom. The molecule has 2 aromatic carbocycles. The number of rotatable bonds is 7. The Bertz CT molecular complexity index is 1570. The number of halogens is 2. The molecule has 196 valence electrons. The van der Waals surface area contributed by atoms with E-state index < -0.39 is 22.5 Å². The van der Waals surface area contributed by atoms with Gasteiger partial charge in [-0.05, 0) is 56.0 Å². The number of alkyl halides is 2. The van der Waals surface area contributed by atoms with E-state index in [-0.39, 0.29) is 46.3 Å². The summed E-state index contributed by atoms with van der Waals surface area (Å²) >= 11 is 0. The van der Waals surface area contributed by atoms with Crippen LogP contribution in [0.3, 0.4) is 0 Å². The minimum atomic E-state index is -3.58. The number of ether oxygens (including phenoxy) is 1. The second-order valence-electron chi connectivity index (χ2n) is 8.90. The maximum absolute atomic E-state index is 13.1. The van der Waals surface area contributed by atoms with Crippen LogP contribution in [0.15, 0.2) is 45.4 Å². The first-order valence-electron chi connectivity index (χ1n) is 11.4. The molecule has 13 heteroatoms. The number of amides is 1. The fraction of sp³-hybridized carbons (Fsp3) is 0.333. The first-order valence-corrected chi connectivity index (χ1v) is 13.3. The number of benzene rings is 2. The van der Waals surface area contributed by atoms with Crippen molar-refractivity contribution in [3.8, 4) is 17.2 Å². The SMILES string of the molecule is CS(=O)(=O)Nc1ccc2oc3c(OC(F)F)ccc(-c4nc(C(=O)NC5CCC(O)CC5)co4)c3c2c1. The largest absolute Gasteiger partial charge is 0.452 e. The molecule has 1 aliphatic rings. The van der Waals surface area contributed by atoms with Crippen molar-refractivity contribution in [2.45, 2.75) is 44.4 Å². The van der Waals surface area contributed by atoms with Crippen molar-refractivity contribution in [1.29, 1.82) is 0 Å². The zero-order valence-electron chi connectivity index (χ0n) is 19.5. The number of hydrogen-bond donors (Lipinski definition) is 3. The van der Waals surface area contributed by atoms with Gasteiger partial charge in [0.15, 0.2) is 17.0 Å². The molecular formula is C24H23F2N3O7S. The summed E-state index contributed by atoms with van der Waals surface area (Å²) in [7, 11) is -3.58. The van der Waals surface area contributed by atoms with Crippen molar-refractivity contribution < 1.29 is 40.7 Å². The fourth-order valence-electron chi connectivity index (χ4n) is 4.48. The van der Waals surface area contributed by atoms with Crippen LogP contribution in [-0.2, 0) is 10.0 Å². The van der Waals surface area contributed by atoms with E-state index in [1.807, 2.05) is 0 Å². The summed E-state index contributed by atoms with van der Waals surface area (Å²) in [5.74, 6) is -0.643. The van der Waals surface area contributed by atoms with Crippen molar-refractivity contribution in [2.24, 2.45) is 0 Å². The highest BCUT2D eigenvalue weighted by molar-refractivity contribution is 7.92. The highest BCUT2D eigenvalue weighted by Gasteiger charge is 2.25. The Hall–Kier alpha value is -3.71. The molecule has 1 saturated carbocycles. The summed E-state index contributed by atoms with van der Waals surface area (Å²) in [6, 6.07) is 7.09. The van der Waals surface area contributed by atoms with Crippen molar-refractivity contribution in [2.75, 3.05) is 11.0 Å². The fourth-order valence-corrected chi connectivity index (χ4v) is 5.04. The lowest BCUT2D eigenvalue weighted by atomic mass is 9.93. The molecule has 1 amide bonds. The summed E-state index contributed by atoms with van der Waals surface area (Å²) in [5.41, 5.74) is 0.842. The maximum Gasteiger partial charge on any atom is 0.387 e. The monoisotopic (exact) mass is 535 g/mol. The van der Waals surface area contributed by atoms with Crippen LogP contribution < -0.4 is 14.8 Å². The van der Waals surface area contributed by atoms with E-state index in [1.54, 1.807) is 0 Å². The van der Waals surface area contributed by atoms with Gasteiger partial charge in [0.05, 0.1) is 12.4 Å². The average molecular weight is 536 g/mol. The van der Waals surface area contributed by atoms with Crippen LogP contribution >= 0.6 is 0 Å². The van der Waals surface area contributed by atoms with Gasteiger partial charge < -0.3 is 24.0 Å². The van der Waals surface area contributed by atoms with Gasteiger partial charge in [0.2, 0.25) is 15.9 Å². The third-order valence-corrected chi connectivity index (χ3v) is 6.71. The number of sulfonamides is 1. The number of oxazole rings is 1. The van der Waals surface area contributed by atoms with E-state index in [2.05, 4.69) is 19.8 Å². The topological polar surface area (TPSA) is 144 Å². The average Bonchev–Trinajstić information content (AvgIpc) is 3.45. The lowest BCUT2D eigenvalue weighted by molar-refractivity contribution is -0.0493. The van der Waals surface area contributed by atoms with Crippen LogP contribution in [0.2, 0.25) is 0 Å². The molecule has 1 fully saturated rings. The number of furan rings is 1. The highest BCUT2D eigenvalue weighted by atomic mass is 32.2. The Labute approximate surface area is 209 Å². The van der Waals surface area contributed by atoms with Crippen LogP contribution in [0.25, 0.3) is 33.4 Å². The third kappa shape index (κ3) is 5.37. The summed E-state index contributed by atoms with van der Waals surface area (Å²) < 4.78 is 67.9. The number of aliphatic hydroxyl groups excluding tert-OH is 1. The molecule has 0 spiro atoms. The summed E-state index contributed by atoms with van der Waals surface area (Å²) in [5, 5.41) is 13.2. The van der Waals surface area contributed by atoms with Gasteiger partial charge in [0.25, 0.3) is 5.91 Å². The van der Waals surface area contributed by atoms with Gasteiger partial charge in [-0.3, -0.25) is 9.52 Å². The minimum Gasteiger partial charge on any atom is -0.452 e. The third-order valence-electron chi connectivity index (χ3n) is 6.10. The van der Waals surface area contributed by atoms with Crippen molar-refractivity contribution in [3.05, 3.63) is 42.3 Å². The number of carbonyl (C=O) groups is 1. The van der Waals surface area contributed by atoms with Crippen molar-refractivity contribution in [3.63, 3.8) is 0 Å². The van der Waals surface area contributed by atoms with Gasteiger partial charge in [-0.15, -0.1) is 0 Å². The molecule has 0 radical (unpaired) electrons. The van der Waals surface area contributed by atoms with Gasteiger partial charge in [-0.25, -0.2) is 13.4 Å². The molecular weight excluding hydrogens is 512 g/mol. The summed E-state index contributed by atoms with van der Waals surface area (Å²) in [6.07, 6.45) is 4.33. The number of anilines is 1.